The van der Waals surface area contributed by atoms with Gasteiger partial charge in [0.15, 0.2) is 0 Å². The van der Waals surface area contributed by atoms with Crippen molar-refractivity contribution in [3.63, 3.8) is 0 Å². The van der Waals surface area contributed by atoms with E-state index in [4.69, 9.17) is 0 Å². The molecule has 0 saturated heterocycles. The Labute approximate surface area is 133 Å². The van der Waals surface area contributed by atoms with Crippen molar-refractivity contribution in [2.75, 3.05) is 7.05 Å². The van der Waals surface area contributed by atoms with E-state index < -0.39 is 0 Å². The second-order valence-corrected chi connectivity index (χ2v) is 7.97. The molecule has 0 radical (unpaired) electrons. The third kappa shape index (κ3) is 3.65. The summed E-state index contributed by atoms with van der Waals surface area (Å²) in [5.74, 6) is 1.02. The van der Waals surface area contributed by atoms with Crippen molar-refractivity contribution >= 4 is 43.2 Å². The SMILES string of the molecule is CCCn1ncnc1CC(NC)c1cc(Br)sc1Br. The standard InChI is InChI=1S/C12H16Br2N4S/c1-3-4-18-11(16-7-17-18)6-9(15-2)8-5-10(13)19-12(8)14/h5,7,9,15H,3-4,6H2,1-2H3. The summed E-state index contributed by atoms with van der Waals surface area (Å²) in [5, 5.41) is 7.63. The van der Waals surface area contributed by atoms with Gasteiger partial charge >= 0.3 is 0 Å². The minimum atomic E-state index is 0.233. The third-order valence-electron chi connectivity index (χ3n) is 2.92. The lowest BCUT2D eigenvalue weighted by molar-refractivity contribution is 0.517. The molecule has 0 aliphatic carbocycles. The number of likely N-dealkylation sites (N-methyl/N-ethyl adjacent to an activating group) is 1. The number of aromatic nitrogens is 3. The summed E-state index contributed by atoms with van der Waals surface area (Å²) in [6, 6.07) is 2.38. The molecule has 2 heterocycles. The molecule has 19 heavy (non-hydrogen) atoms. The summed E-state index contributed by atoms with van der Waals surface area (Å²) in [6.07, 6.45) is 3.53. The molecule has 0 saturated carbocycles. The van der Waals surface area contributed by atoms with Crippen LogP contribution >= 0.6 is 43.2 Å². The monoisotopic (exact) mass is 406 g/mol. The molecular weight excluding hydrogens is 392 g/mol. The molecule has 7 heteroatoms. The van der Waals surface area contributed by atoms with Crippen LogP contribution in [0.2, 0.25) is 0 Å². The topological polar surface area (TPSA) is 42.7 Å². The largest absolute Gasteiger partial charge is 0.313 e. The van der Waals surface area contributed by atoms with Crippen molar-refractivity contribution < 1.29 is 0 Å². The van der Waals surface area contributed by atoms with E-state index in [0.29, 0.717) is 0 Å². The number of nitrogens with one attached hydrogen (secondary N) is 1. The van der Waals surface area contributed by atoms with E-state index in [1.54, 1.807) is 17.7 Å². The lowest BCUT2D eigenvalue weighted by Gasteiger charge is -2.15. The average molecular weight is 408 g/mol. The molecule has 0 fully saturated rings. The van der Waals surface area contributed by atoms with Crippen molar-refractivity contribution in [2.24, 2.45) is 0 Å². The van der Waals surface area contributed by atoms with Crippen LogP contribution in [0.4, 0.5) is 0 Å². The Morgan fingerprint density at radius 2 is 2.26 bits per heavy atom. The van der Waals surface area contributed by atoms with Crippen molar-refractivity contribution in [3.05, 3.63) is 31.4 Å². The Morgan fingerprint density at radius 1 is 1.47 bits per heavy atom. The van der Waals surface area contributed by atoms with Gasteiger partial charge in [-0.05, 0) is 57.0 Å². The summed E-state index contributed by atoms with van der Waals surface area (Å²) in [7, 11) is 1.98. The van der Waals surface area contributed by atoms with Gasteiger partial charge < -0.3 is 5.32 Å². The highest BCUT2D eigenvalue weighted by molar-refractivity contribution is 9.12. The highest BCUT2D eigenvalue weighted by Gasteiger charge is 2.18. The van der Waals surface area contributed by atoms with Crippen LogP contribution in [0.3, 0.4) is 0 Å². The lowest BCUT2D eigenvalue weighted by Crippen LogP contribution is -2.21. The second kappa shape index (κ2) is 6.97. The minimum absolute atomic E-state index is 0.233. The van der Waals surface area contributed by atoms with Crippen LogP contribution in [0.5, 0.6) is 0 Å². The molecule has 0 bridgehead atoms. The molecule has 104 valence electrons. The average Bonchev–Trinajstić information content (AvgIpc) is 2.94. The van der Waals surface area contributed by atoms with Gasteiger partial charge in [-0.25, -0.2) is 4.98 Å². The van der Waals surface area contributed by atoms with Crippen molar-refractivity contribution in [2.45, 2.75) is 32.4 Å². The van der Waals surface area contributed by atoms with Crippen molar-refractivity contribution in [1.29, 1.82) is 0 Å². The zero-order valence-electron chi connectivity index (χ0n) is 10.9. The van der Waals surface area contributed by atoms with Crippen LogP contribution in [0.15, 0.2) is 20.0 Å². The first-order valence-corrected chi connectivity index (χ1v) is 8.54. The van der Waals surface area contributed by atoms with E-state index in [2.05, 4.69) is 60.2 Å². The first-order chi connectivity index (χ1) is 9.15. The Kier molecular flexibility index (Phi) is 5.56. The van der Waals surface area contributed by atoms with Gasteiger partial charge in [-0.3, -0.25) is 4.68 Å². The molecule has 0 aliphatic heterocycles. The van der Waals surface area contributed by atoms with E-state index in [1.165, 1.54) is 5.56 Å². The number of halogens is 2. The summed E-state index contributed by atoms with van der Waals surface area (Å²) < 4.78 is 4.27. The molecule has 4 nitrogen and oxygen atoms in total. The molecule has 1 N–H and O–H groups in total. The fraction of sp³-hybridized carbons (Fsp3) is 0.500. The van der Waals surface area contributed by atoms with E-state index in [9.17, 15) is 0 Å². The molecule has 1 atom stereocenters. The van der Waals surface area contributed by atoms with Crippen molar-refractivity contribution in [1.82, 2.24) is 20.1 Å². The molecule has 2 rings (SSSR count). The predicted octanol–water partition coefficient (Wildman–Crippen LogP) is 3.78. The Balaban J connectivity index is 2.19. The van der Waals surface area contributed by atoms with E-state index in [1.807, 2.05) is 11.7 Å². The van der Waals surface area contributed by atoms with Gasteiger partial charge in [0.25, 0.3) is 0 Å². The molecule has 0 spiro atoms. The van der Waals surface area contributed by atoms with Gasteiger partial charge in [0.05, 0.1) is 7.57 Å². The third-order valence-corrected chi connectivity index (χ3v) is 5.31. The fourth-order valence-corrected chi connectivity index (χ4v) is 4.96. The van der Waals surface area contributed by atoms with Gasteiger partial charge in [0.1, 0.15) is 12.2 Å². The summed E-state index contributed by atoms with van der Waals surface area (Å²) >= 11 is 8.83. The molecule has 2 aromatic heterocycles. The lowest BCUT2D eigenvalue weighted by atomic mass is 10.1. The first-order valence-electron chi connectivity index (χ1n) is 6.14. The number of hydrogen-bond donors (Lipinski definition) is 1. The highest BCUT2D eigenvalue weighted by Crippen LogP contribution is 2.36. The maximum Gasteiger partial charge on any atom is 0.138 e. The molecular formula is C12H16Br2N4S. The number of aryl methyl sites for hydroxylation is 1. The summed E-state index contributed by atoms with van der Waals surface area (Å²) in [4.78, 5) is 4.37. The van der Waals surface area contributed by atoms with E-state index >= 15 is 0 Å². The maximum absolute atomic E-state index is 4.37. The minimum Gasteiger partial charge on any atom is -0.313 e. The van der Waals surface area contributed by atoms with Gasteiger partial charge in [0, 0.05) is 19.0 Å². The maximum atomic E-state index is 4.37. The van der Waals surface area contributed by atoms with Gasteiger partial charge in [-0.15, -0.1) is 11.3 Å². The molecule has 0 aliphatic rings. The number of nitrogens with zero attached hydrogens (tertiary/aromatic N) is 3. The summed E-state index contributed by atoms with van der Waals surface area (Å²) in [5.41, 5.74) is 1.26. The van der Waals surface area contributed by atoms with E-state index in [-0.39, 0.29) is 6.04 Å². The molecule has 1 unspecified atom stereocenters. The zero-order chi connectivity index (χ0) is 13.8. The van der Waals surface area contributed by atoms with Gasteiger partial charge in [-0.2, -0.15) is 5.10 Å². The van der Waals surface area contributed by atoms with Crippen LogP contribution in [0, 0.1) is 0 Å². The van der Waals surface area contributed by atoms with E-state index in [0.717, 1.165) is 32.8 Å². The normalized spacial score (nSPS) is 12.8. The number of hydrogen-bond acceptors (Lipinski definition) is 4. The Morgan fingerprint density at radius 3 is 2.84 bits per heavy atom. The summed E-state index contributed by atoms with van der Waals surface area (Å²) in [6.45, 7) is 3.06. The van der Waals surface area contributed by atoms with Crippen LogP contribution in [-0.4, -0.2) is 21.8 Å². The van der Waals surface area contributed by atoms with Crippen molar-refractivity contribution in [3.8, 4) is 0 Å². The van der Waals surface area contributed by atoms with Gasteiger partial charge in [0.2, 0.25) is 0 Å². The predicted molar refractivity (Wildman–Crippen MR) is 85.5 cm³/mol. The van der Waals surface area contributed by atoms with Crippen LogP contribution in [-0.2, 0) is 13.0 Å². The van der Waals surface area contributed by atoms with Crippen LogP contribution in [0.1, 0.15) is 30.8 Å². The molecule has 0 amide bonds. The number of rotatable bonds is 6. The zero-order valence-corrected chi connectivity index (χ0v) is 14.8. The fourth-order valence-electron chi connectivity index (χ4n) is 1.99. The molecule has 2 aromatic rings. The van der Waals surface area contributed by atoms with Crippen LogP contribution in [0.25, 0.3) is 0 Å². The van der Waals surface area contributed by atoms with Gasteiger partial charge in [-0.1, -0.05) is 6.92 Å². The Hall–Kier alpha value is -0.240. The molecule has 0 aromatic carbocycles. The smallest absolute Gasteiger partial charge is 0.138 e. The second-order valence-electron chi connectivity index (χ2n) is 4.22. The highest BCUT2D eigenvalue weighted by atomic mass is 79.9. The Bertz CT molecular complexity index is 538. The van der Waals surface area contributed by atoms with Crippen LogP contribution < -0.4 is 5.32 Å². The quantitative estimate of drug-likeness (QED) is 0.792. The number of thiophene rings is 1. The first kappa shape index (κ1) is 15.2.